The minimum absolute atomic E-state index is 0.0854. The van der Waals surface area contributed by atoms with Gasteiger partial charge >= 0.3 is 0 Å². The van der Waals surface area contributed by atoms with Gasteiger partial charge in [0, 0.05) is 6.54 Å². The molecule has 4 rings (SSSR count). The highest BCUT2D eigenvalue weighted by Crippen LogP contribution is 2.49. The van der Waals surface area contributed by atoms with Crippen LogP contribution in [-0.2, 0) is 16.0 Å². The van der Waals surface area contributed by atoms with Gasteiger partial charge in [0.2, 0.25) is 5.91 Å². The third-order valence-electron chi connectivity index (χ3n) is 4.85. The quantitative estimate of drug-likeness (QED) is 0.821. The van der Waals surface area contributed by atoms with E-state index in [-0.39, 0.29) is 23.5 Å². The summed E-state index contributed by atoms with van der Waals surface area (Å²) in [4.78, 5) is 14.7. The van der Waals surface area contributed by atoms with E-state index >= 15 is 0 Å². The Morgan fingerprint density at radius 1 is 1.47 bits per heavy atom. The molecule has 0 saturated carbocycles. The van der Waals surface area contributed by atoms with Gasteiger partial charge in [-0.3, -0.25) is 9.69 Å². The lowest BCUT2D eigenvalue weighted by Crippen LogP contribution is -2.49. The van der Waals surface area contributed by atoms with Crippen LogP contribution in [0.5, 0.6) is 0 Å². The number of aryl methyl sites for hydroxylation is 1. The zero-order valence-electron chi connectivity index (χ0n) is 11.1. The lowest BCUT2D eigenvalue weighted by Gasteiger charge is -2.36. The standard InChI is InChI=1S/C13H18N4O2/c1-13(7-8-4-5-10(13)19-8)12(18)17-6-2-3-9-11(17)15-16-14-9/h8,10H,2-7H2,1H3,(H,14,15,16)/t8-,10+,13+/m1/s1. The third-order valence-corrected chi connectivity index (χ3v) is 4.85. The Labute approximate surface area is 111 Å². The maximum absolute atomic E-state index is 12.9. The zero-order chi connectivity index (χ0) is 13.0. The average Bonchev–Trinajstić information content (AvgIpc) is 3.11. The lowest BCUT2D eigenvalue weighted by atomic mass is 9.74. The van der Waals surface area contributed by atoms with Crippen molar-refractivity contribution in [2.45, 2.75) is 51.2 Å². The van der Waals surface area contributed by atoms with Crippen LogP contribution in [0.2, 0.25) is 0 Å². The first kappa shape index (κ1) is 11.4. The molecule has 0 aliphatic carbocycles. The van der Waals surface area contributed by atoms with Gasteiger partial charge in [0.1, 0.15) is 5.69 Å². The van der Waals surface area contributed by atoms with Gasteiger partial charge in [-0.25, -0.2) is 0 Å². The monoisotopic (exact) mass is 262 g/mol. The number of carbonyl (C=O) groups is 1. The minimum Gasteiger partial charge on any atom is -0.374 e. The van der Waals surface area contributed by atoms with Crippen molar-refractivity contribution in [3.05, 3.63) is 5.69 Å². The van der Waals surface area contributed by atoms with Gasteiger partial charge < -0.3 is 4.74 Å². The molecular formula is C13H18N4O2. The largest absolute Gasteiger partial charge is 0.374 e. The van der Waals surface area contributed by atoms with Crippen molar-refractivity contribution >= 4 is 11.7 Å². The number of anilines is 1. The SMILES string of the molecule is C[C@]1(C(=O)N2CCCc3n[nH]nc32)C[C@H]2CC[C@@H]1O2. The number of carbonyl (C=O) groups excluding carboxylic acids is 1. The van der Waals surface area contributed by atoms with Crippen LogP contribution < -0.4 is 4.90 Å². The number of nitrogens with one attached hydrogen (secondary N) is 1. The van der Waals surface area contributed by atoms with E-state index in [9.17, 15) is 4.79 Å². The van der Waals surface area contributed by atoms with Gasteiger partial charge in [-0.05, 0) is 39.0 Å². The molecule has 3 aliphatic heterocycles. The second-order valence-corrected chi connectivity index (χ2v) is 6.10. The average molecular weight is 262 g/mol. The van der Waals surface area contributed by atoms with Crippen molar-refractivity contribution in [1.82, 2.24) is 15.4 Å². The van der Waals surface area contributed by atoms with E-state index in [0.717, 1.165) is 50.2 Å². The summed E-state index contributed by atoms with van der Waals surface area (Å²) >= 11 is 0. The number of aromatic nitrogens is 3. The number of hydrogen-bond donors (Lipinski definition) is 1. The summed E-state index contributed by atoms with van der Waals surface area (Å²) in [6.45, 7) is 2.79. The van der Waals surface area contributed by atoms with Crippen molar-refractivity contribution in [1.29, 1.82) is 0 Å². The number of amides is 1. The van der Waals surface area contributed by atoms with E-state index in [1.54, 1.807) is 0 Å². The van der Waals surface area contributed by atoms with Crippen LogP contribution in [0, 0.1) is 5.41 Å². The maximum atomic E-state index is 12.9. The molecule has 102 valence electrons. The van der Waals surface area contributed by atoms with Gasteiger partial charge in [0.05, 0.1) is 17.6 Å². The molecule has 0 unspecified atom stereocenters. The van der Waals surface area contributed by atoms with E-state index in [4.69, 9.17) is 4.74 Å². The van der Waals surface area contributed by atoms with E-state index in [2.05, 4.69) is 15.4 Å². The molecule has 0 spiro atoms. The normalized spacial score (nSPS) is 36.6. The number of H-pyrrole nitrogens is 1. The fourth-order valence-corrected chi connectivity index (χ4v) is 3.80. The van der Waals surface area contributed by atoms with Crippen LogP contribution in [0.15, 0.2) is 0 Å². The summed E-state index contributed by atoms with van der Waals surface area (Å²) in [6, 6.07) is 0. The number of aromatic amines is 1. The van der Waals surface area contributed by atoms with Crippen LogP contribution >= 0.6 is 0 Å². The highest BCUT2D eigenvalue weighted by atomic mass is 16.5. The van der Waals surface area contributed by atoms with Crippen LogP contribution in [0.3, 0.4) is 0 Å². The predicted octanol–water partition coefficient (Wildman–Crippen LogP) is 1.04. The number of fused-ring (bicyclic) bond motifs is 3. The Bertz CT molecular complexity index is 528. The molecule has 2 bridgehead atoms. The van der Waals surface area contributed by atoms with Crippen LogP contribution in [0.1, 0.15) is 38.3 Å². The van der Waals surface area contributed by atoms with Crippen molar-refractivity contribution in [3.63, 3.8) is 0 Å². The second-order valence-electron chi connectivity index (χ2n) is 6.10. The molecule has 2 saturated heterocycles. The Morgan fingerprint density at radius 3 is 3.11 bits per heavy atom. The Morgan fingerprint density at radius 2 is 2.37 bits per heavy atom. The topological polar surface area (TPSA) is 71.1 Å². The summed E-state index contributed by atoms with van der Waals surface area (Å²) in [5.41, 5.74) is 0.531. The van der Waals surface area contributed by atoms with Crippen LogP contribution in [0.25, 0.3) is 0 Å². The van der Waals surface area contributed by atoms with E-state index in [0.29, 0.717) is 0 Å². The summed E-state index contributed by atoms with van der Waals surface area (Å²) in [5.74, 6) is 0.884. The molecular weight excluding hydrogens is 244 g/mol. The lowest BCUT2D eigenvalue weighted by molar-refractivity contribution is -0.130. The molecule has 19 heavy (non-hydrogen) atoms. The molecule has 3 aliphatic rings. The van der Waals surface area contributed by atoms with Crippen molar-refractivity contribution in [3.8, 4) is 0 Å². The molecule has 0 aromatic carbocycles. The summed E-state index contributed by atoms with van der Waals surface area (Å²) in [6.07, 6.45) is 5.17. The molecule has 2 fully saturated rings. The second kappa shape index (κ2) is 3.79. The highest BCUT2D eigenvalue weighted by Gasteiger charge is 2.55. The first-order valence-electron chi connectivity index (χ1n) is 7.05. The van der Waals surface area contributed by atoms with Crippen LogP contribution in [0.4, 0.5) is 5.82 Å². The van der Waals surface area contributed by atoms with Gasteiger partial charge in [-0.1, -0.05) is 0 Å². The summed E-state index contributed by atoms with van der Waals surface area (Å²) in [5, 5.41) is 10.9. The molecule has 1 N–H and O–H groups in total. The summed E-state index contributed by atoms with van der Waals surface area (Å²) < 4.78 is 5.88. The van der Waals surface area contributed by atoms with Gasteiger partial charge in [-0.2, -0.15) is 10.3 Å². The fraction of sp³-hybridized carbons (Fsp3) is 0.769. The molecule has 1 aromatic heterocycles. The van der Waals surface area contributed by atoms with Crippen molar-refractivity contribution in [2.24, 2.45) is 5.41 Å². The summed E-state index contributed by atoms with van der Waals surface area (Å²) in [7, 11) is 0. The minimum atomic E-state index is -0.378. The number of ether oxygens (including phenoxy) is 1. The van der Waals surface area contributed by atoms with Gasteiger partial charge in [0.25, 0.3) is 0 Å². The van der Waals surface area contributed by atoms with Crippen molar-refractivity contribution in [2.75, 3.05) is 11.4 Å². The highest BCUT2D eigenvalue weighted by molar-refractivity contribution is 5.98. The van der Waals surface area contributed by atoms with E-state index in [1.165, 1.54) is 0 Å². The van der Waals surface area contributed by atoms with E-state index in [1.807, 2.05) is 11.8 Å². The first-order chi connectivity index (χ1) is 9.18. The van der Waals surface area contributed by atoms with Crippen LogP contribution in [-0.4, -0.2) is 40.1 Å². The Hall–Kier alpha value is -1.43. The number of nitrogens with zero attached hydrogens (tertiary/aromatic N) is 3. The molecule has 4 heterocycles. The molecule has 6 heteroatoms. The first-order valence-corrected chi connectivity index (χ1v) is 7.05. The predicted molar refractivity (Wildman–Crippen MR) is 67.7 cm³/mol. The molecule has 0 radical (unpaired) electrons. The zero-order valence-corrected chi connectivity index (χ0v) is 11.1. The molecule has 1 aromatic rings. The maximum Gasteiger partial charge on any atom is 0.236 e. The Balaban J connectivity index is 1.66. The fourth-order valence-electron chi connectivity index (χ4n) is 3.80. The Kier molecular flexibility index (Phi) is 2.27. The molecule has 1 amide bonds. The third kappa shape index (κ3) is 1.49. The number of rotatable bonds is 1. The van der Waals surface area contributed by atoms with Gasteiger partial charge in [0.15, 0.2) is 5.82 Å². The van der Waals surface area contributed by atoms with E-state index < -0.39 is 0 Å². The van der Waals surface area contributed by atoms with Gasteiger partial charge in [-0.15, -0.1) is 5.10 Å². The molecule has 3 atom stereocenters. The van der Waals surface area contributed by atoms with Crippen molar-refractivity contribution < 1.29 is 9.53 Å². The number of hydrogen-bond acceptors (Lipinski definition) is 4. The molecule has 6 nitrogen and oxygen atoms in total. The smallest absolute Gasteiger partial charge is 0.236 e.